The van der Waals surface area contributed by atoms with E-state index in [9.17, 15) is 9.59 Å². The molecular formula is C15H20N2O3. The summed E-state index contributed by atoms with van der Waals surface area (Å²) in [6.07, 6.45) is 1.92. The maximum atomic E-state index is 11.6. The highest BCUT2D eigenvalue weighted by Gasteiger charge is 2.26. The van der Waals surface area contributed by atoms with Crippen molar-refractivity contribution in [1.29, 1.82) is 0 Å². The molecule has 1 aliphatic carbocycles. The van der Waals surface area contributed by atoms with Crippen molar-refractivity contribution < 1.29 is 14.3 Å². The first kappa shape index (κ1) is 14.4. The van der Waals surface area contributed by atoms with E-state index in [-0.39, 0.29) is 6.04 Å². The molecule has 1 saturated carbocycles. The minimum atomic E-state index is -0.632. The zero-order valence-electron chi connectivity index (χ0n) is 11.8. The smallest absolute Gasteiger partial charge is 0.313 e. The molecule has 2 rings (SSSR count). The third-order valence-electron chi connectivity index (χ3n) is 2.81. The normalized spacial score (nSPS) is 13.9. The van der Waals surface area contributed by atoms with E-state index in [1.54, 1.807) is 24.3 Å². The quantitative estimate of drug-likeness (QED) is 0.808. The fourth-order valence-electron chi connectivity index (χ4n) is 1.56. The van der Waals surface area contributed by atoms with Crippen molar-refractivity contribution in [2.75, 3.05) is 11.9 Å². The van der Waals surface area contributed by atoms with Gasteiger partial charge in [0.1, 0.15) is 5.75 Å². The van der Waals surface area contributed by atoms with Gasteiger partial charge in [-0.3, -0.25) is 9.59 Å². The van der Waals surface area contributed by atoms with Gasteiger partial charge in [0, 0.05) is 11.7 Å². The molecule has 0 bridgehead atoms. The number of rotatable bonds is 5. The third-order valence-corrected chi connectivity index (χ3v) is 2.81. The topological polar surface area (TPSA) is 67.4 Å². The maximum Gasteiger partial charge on any atom is 0.313 e. The Bertz CT molecular complexity index is 478. The van der Waals surface area contributed by atoms with Gasteiger partial charge in [-0.1, -0.05) is 13.8 Å². The van der Waals surface area contributed by atoms with Gasteiger partial charge in [0.05, 0.1) is 6.61 Å². The van der Waals surface area contributed by atoms with Crippen molar-refractivity contribution in [2.45, 2.75) is 32.7 Å². The Morgan fingerprint density at radius 1 is 1.20 bits per heavy atom. The van der Waals surface area contributed by atoms with Crippen LogP contribution in [0, 0.1) is 5.92 Å². The zero-order chi connectivity index (χ0) is 14.5. The SMILES string of the molecule is CC(C)COc1ccc(NC(=O)C(=O)NC2CC2)cc1. The molecule has 1 aromatic rings. The monoisotopic (exact) mass is 276 g/mol. The molecule has 108 valence electrons. The number of nitrogens with one attached hydrogen (secondary N) is 2. The van der Waals surface area contributed by atoms with Crippen molar-refractivity contribution >= 4 is 17.5 Å². The Balaban J connectivity index is 1.83. The van der Waals surface area contributed by atoms with Crippen LogP contribution < -0.4 is 15.4 Å². The van der Waals surface area contributed by atoms with E-state index in [1.165, 1.54) is 0 Å². The van der Waals surface area contributed by atoms with Gasteiger partial charge in [-0.05, 0) is 43.0 Å². The van der Waals surface area contributed by atoms with Gasteiger partial charge in [0.25, 0.3) is 0 Å². The molecule has 5 nitrogen and oxygen atoms in total. The van der Waals surface area contributed by atoms with E-state index in [2.05, 4.69) is 24.5 Å². The lowest BCUT2D eigenvalue weighted by Gasteiger charge is -2.09. The number of carbonyl (C=O) groups is 2. The number of carbonyl (C=O) groups excluding carboxylic acids is 2. The molecule has 0 saturated heterocycles. The minimum Gasteiger partial charge on any atom is -0.493 e. The predicted molar refractivity (Wildman–Crippen MR) is 76.6 cm³/mol. The van der Waals surface area contributed by atoms with Crippen LogP contribution in [-0.4, -0.2) is 24.5 Å². The van der Waals surface area contributed by atoms with E-state index >= 15 is 0 Å². The molecule has 0 radical (unpaired) electrons. The molecular weight excluding hydrogens is 256 g/mol. The second kappa shape index (κ2) is 6.41. The lowest BCUT2D eigenvalue weighted by Crippen LogP contribution is -2.36. The summed E-state index contributed by atoms with van der Waals surface area (Å²) in [5.41, 5.74) is 0.581. The first-order valence-corrected chi connectivity index (χ1v) is 6.89. The Morgan fingerprint density at radius 3 is 2.40 bits per heavy atom. The molecule has 0 aliphatic heterocycles. The molecule has 2 amide bonds. The average molecular weight is 276 g/mol. The van der Waals surface area contributed by atoms with Crippen LogP contribution in [-0.2, 0) is 9.59 Å². The van der Waals surface area contributed by atoms with Crippen LogP contribution >= 0.6 is 0 Å². The number of hydrogen-bond acceptors (Lipinski definition) is 3. The first-order valence-electron chi connectivity index (χ1n) is 6.89. The van der Waals surface area contributed by atoms with Crippen molar-refractivity contribution in [3.63, 3.8) is 0 Å². The molecule has 1 fully saturated rings. The minimum absolute atomic E-state index is 0.181. The summed E-state index contributed by atoms with van der Waals surface area (Å²) in [7, 11) is 0. The van der Waals surface area contributed by atoms with Crippen molar-refractivity contribution in [3.05, 3.63) is 24.3 Å². The number of benzene rings is 1. The Morgan fingerprint density at radius 2 is 1.85 bits per heavy atom. The Labute approximate surface area is 118 Å². The summed E-state index contributed by atoms with van der Waals surface area (Å²) in [5.74, 6) is 0.0000122. The second-order valence-corrected chi connectivity index (χ2v) is 5.43. The van der Waals surface area contributed by atoms with Gasteiger partial charge in [-0.15, -0.1) is 0 Å². The van der Waals surface area contributed by atoms with Gasteiger partial charge in [0.2, 0.25) is 0 Å². The summed E-state index contributed by atoms with van der Waals surface area (Å²) in [6.45, 7) is 4.80. The predicted octanol–water partition coefficient (Wildman–Crippen LogP) is 1.94. The van der Waals surface area contributed by atoms with Crippen molar-refractivity contribution in [1.82, 2.24) is 5.32 Å². The zero-order valence-corrected chi connectivity index (χ0v) is 11.8. The third kappa shape index (κ3) is 4.57. The van der Waals surface area contributed by atoms with Crippen LogP contribution in [0.2, 0.25) is 0 Å². The number of anilines is 1. The highest BCUT2D eigenvalue weighted by molar-refractivity contribution is 6.39. The van der Waals surface area contributed by atoms with Gasteiger partial charge in [-0.25, -0.2) is 0 Å². The molecule has 1 aromatic carbocycles. The van der Waals surface area contributed by atoms with Crippen LogP contribution in [0.5, 0.6) is 5.75 Å². The maximum absolute atomic E-state index is 11.6. The fourth-order valence-corrected chi connectivity index (χ4v) is 1.56. The second-order valence-electron chi connectivity index (χ2n) is 5.43. The molecule has 0 heterocycles. The number of amides is 2. The van der Waals surface area contributed by atoms with Crippen molar-refractivity contribution in [3.8, 4) is 5.75 Å². The standard InChI is InChI=1S/C15H20N2O3/c1-10(2)9-20-13-7-5-12(6-8-13)17-15(19)14(18)16-11-3-4-11/h5-8,10-11H,3-4,9H2,1-2H3,(H,16,18)(H,17,19). The lowest BCUT2D eigenvalue weighted by molar-refractivity contribution is -0.136. The molecule has 20 heavy (non-hydrogen) atoms. The van der Waals surface area contributed by atoms with Crippen LogP contribution in [0.3, 0.4) is 0 Å². The largest absolute Gasteiger partial charge is 0.493 e. The van der Waals surface area contributed by atoms with Crippen molar-refractivity contribution in [2.24, 2.45) is 5.92 Å². The Kier molecular flexibility index (Phi) is 4.61. The fraction of sp³-hybridized carbons (Fsp3) is 0.467. The van der Waals surface area contributed by atoms with E-state index in [1.807, 2.05) is 0 Å². The van der Waals surface area contributed by atoms with Crippen LogP contribution in [0.4, 0.5) is 5.69 Å². The number of hydrogen-bond donors (Lipinski definition) is 2. The molecule has 2 N–H and O–H groups in total. The van der Waals surface area contributed by atoms with E-state index < -0.39 is 11.8 Å². The van der Waals surface area contributed by atoms with Gasteiger partial charge in [-0.2, -0.15) is 0 Å². The summed E-state index contributed by atoms with van der Waals surface area (Å²) in [4.78, 5) is 23.1. The molecule has 5 heteroatoms. The summed E-state index contributed by atoms with van der Waals surface area (Å²) in [5, 5.41) is 5.20. The summed E-state index contributed by atoms with van der Waals surface area (Å²) >= 11 is 0. The van der Waals surface area contributed by atoms with E-state index in [0.717, 1.165) is 18.6 Å². The summed E-state index contributed by atoms with van der Waals surface area (Å²) < 4.78 is 5.54. The summed E-state index contributed by atoms with van der Waals surface area (Å²) in [6, 6.07) is 7.17. The highest BCUT2D eigenvalue weighted by Crippen LogP contribution is 2.19. The molecule has 0 spiro atoms. The van der Waals surface area contributed by atoms with Crippen LogP contribution in [0.1, 0.15) is 26.7 Å². The van der Waals surface area contributed by atoms with Crippen LogP contribution in [0.25, 0.3) is 0 Å². The van der Waals surface area contributed by atoms with E-state index in [0.29, 0.717) is 18.2 Å². The van der Waals surface area contributed by atoms with E-state index in [4.69, 9.17) is 4.74 Å². The molecule has 0 unspecified atom stereocenters. The van der Waals surface area contributed by atoms with Crippen LogP contribution in [0.15, 0.2) is 24.3 Å². The first-order chi connectivity index (χ1) is 9.54. The number of ether oxygens (including phenoxy) is 1. The van der Waals surface area contributed by atoms with Gasteiger partial charge < -0.3 is 15.4 Å². The van der Waals surface area contributed by atoms with Gasteiger partial charge in [0.15, 0.2) is 0 Å². The Hall–Kier alpha value is -2.04. The molecule has 1 aliphatic rings. The van der Waals surface area contributed by atoms with Gasteiger partial charge >= 0.3 is 11.8 Å². The molecule has 0 atom stereocenters. The highest BCUT2D eigenvalue weighted by atomic mass is 16.5. The average Bonchev–Trinajstić information content (AvgIpc) is 3.21. The lowest BCUT2D eigenvalue weighted by atomic mass is 10.2. The molecule has 0 aromatic heterocycles.